The fourth-order valence-corrected chi connectivity index (χ4v) is 1.30. The molecule has 0 atom stereocenters. The maximum absolute atomic E-state index is 10.6. The minimum absolute atomic E-state index is 0.574. The van der Waals surface area contributed by atoms with Crippen molar-refractivity contribution in [1.82, 2.24) is 9.97 Å². The van der Waals surface area contributed by atoms with Crippen molar-refractivity contribution in [3.63, 3.8) is 0 Å². The minimum atomic E-state index is -0.599. The van der Waals surface area contributed by atoms with Crippen molar-refractivity contribution >= 4 is 11.7 Å². The fraction of sp³-hybridized carbons (Fsp3) is 0. The number of nitrogens with two attached hydrogens (primary N) is 1. The lowest BCUT2D eigenvalue weighted by Crippen LogP contribution is -2.19. The Hall–Kier alpha value is -2.43. The van der Waals surface area contributed by atoms with Gasteiger partial charge in [-0.25, -0.2) is 4.79 Å². The molecule has 0 radical (unpaired) electrons. The summed E-state index contributed by atoms with van der Waals surface area (Å²) in [6.07, 6.45) is 4.96. The van der Waals surface area contributed by atoms with Gasteiger partial charge in [0.1, 0.15) is 0 Å². The van der Waals surface area contributed by atoms with Gasteiger partial charge in [-0.05, 0) is 24.3 Å². The predicted octanol–water partition coefficient (Wildman–Crippen LogP) is 1.63. The third kappa shape index (κ3) is 2.33. The van der Waals surface area contributed by atoms with Crippen LogP contribution in [0.1, 0.15) is 0 Å². The highest BCUT2D eigenvalue weighted by Crippen LogP contribution is 2.16. The van der Waals surface area contributed by atoms with E-state index >= 15 is 0 Å². The van der Waals surface area contributed by atoms with Crippen LogP contribution in [0.15, 0.2) is 42.9 Å². The molecule has 0 unspecified atom stereocenters. The second-order valence-electron chi connectivity index (χ2n) is 3.16. The van der Waals surface area contributed by atoms with E-state index in [2.05, 4.69) is 15.3 Å². The van der Waals surface area contributed by atoms with Gasteiger partial charge in [-0.2, -0.15) is 0 Å². The zero-order valence-corrected chi connectivity index (χ0v) is 8.42. The Kier molecular flexibility index (Phi) is 2.77. The Balaban J connectivity index is 2.23. The Morgan fingerprint density at radius 2 is 1.94 bits per heavy atom. The third-order valence-electron chi connectivity index (χ3n) is 2.01. The normalized spacial score (nSPS) is 9.75. The van der Waals surface area contributed by atoms with Crippen LogP contribution in [0.5, 0.6) is 0 Å². The van der Waals surface area contributed by atoms with E-state index in [1.54, 1.807) is 30.7 Å². The van der Waals surface area contributed by atoms with Gasteiger partial charge >= 0.3 is 6.03 Å². The highest BCUT2D eigenvalue weighted by Gasteiger charge is 1.99. The molecule has 2 amide bonds. The minimum Gasteiger partial charge on any atom is -0.351 e. The van der Waals surface area contributed by atoms with E-state index in [0.717, 1.165) is 11.3 Å². The summed E-state index contributed by atoms with van der Waals surface area (Å²) in [7, 11) is 0. The number of carbonyl (C=O) groups is 1. The molecule has 5 nitrogen and oxygen atoms in total. The fourth-order valence-electron chi connectivity index (χ4n) is 1.30. The van der Waals surface area contributed by atoms with Crippen LogP contribution >= 0.6 is 0 Å². The Morgan fingerprint density at radius 3 is 2.50 bits per heavy atom. The highest BCUT2D eigenvalue weighted by molar-refractivity contribution is 5.87. The van der Waals surface area contributed by atoms with E-state index in [1.165, 1.54) is 0 Å². The van der Waals surface area contributed by atoms with E-state index in [-0.39, 0.29) is 0 Å². The first-order valence-electron chi connectivity index (χ1n) is 4.68. The van der Waals surface area contributed by atoms with Crippen LogP contribution in [0.3, 0.4) is 0 Å². The predicted molar refractivity (Wildman–Crippen MR) is 60.7 cm³/mol. The molecule has 16 heavy (non-hydrogen) atoms. The molecule has 2 heterocycles. The molecular formula is C11H10N4O. The number of anilines is 1. The molecule has 80 valence electrons. The van der Waals surface area contributed by atoms with Crippen molar-refractivity contribution < 1.29 is 4.79 Å². The van der Waals surface area contributed by atoms with Crippen molar-refractivity contribution in [2.75, 3.05) is 5.32 Å². The quantitative estimate of drug-likeness (QED) is 0.797. The number of hydrogen-bond acceptors (Lipinski definition) is 3. The smallest absolute Gasteiger partial charge is 0.316 e. The van der Waals surface area contributed by atoms with Gasteiger partial charge < -0.3 is 11.1 Å². The van der Waals surface area contributed by atoms with Crippen LogP contribution in [-0.4, -0.2) is 16.0 Å². The third-order valence-corrected chi connectivity index (χ3v) is 2.01. The largest absolute Gasteiger partial charge is 0.351 e. The number of amides is 2. The van der Waals surface area contributed by atoms with Gasteiger partial charge in [-0.3, -0.25) is 9.97 Å². The molecule has 0 spiro atoms. The lowest BCUT2D eigenvalue weighted by Gasteiger charge is -2.03. The molecule has 3 N–H and O–H groups in total. The van der Waals surface area contributed by atoms with E-state index < -0.39 is 6.03 Å². The molecule has 5 heteroatoms. The van der Waals surface area contributed by atoms with Gasteiger partial charge in [0, 0.05) is 18.0 Å². The van der Waals surface area contributed by atoms with Gasteiger partial charge in [0.2, 0.25) is 0 Å². The summed E-state index contributed by atoms with van der Waals surface area (Å²) in [4.78, 5) is 18.7. The lowest BCUT2D eigenvalue weighted by atomic mass is 10.2. The molecular weight excluding hydrogens is 204 g/mol. The number of nitrogens with one attached hydrogen (secondary N) is 1. The van der Waals surface area contributed by atoms with Gasteiger partial charge in [0.15, 0.2) is 0 Å². The first-order valence-corrected chi connectivity index (χ1v) is 4.68. The number of pyridine rings is 2. The molecule has 2 rings (SSSR count). The summed E-state index contributed by atoms with van der Waals surface area (Å²) in [5, 5.41) is 2.45. The zero-order valence-electron chi connectivity index (χ0n) is 8.42. The molecule has 0 saturated carbocycles. The summed E-state index contributed by atoms with van der Waals surface area (Å²) in [6.45, 7) is 0. The summed E-state index contributed by atoms with van der Waals surface area (Å²) in [6, 6.07) is 6.68. The lowest BCUT2D eigenvalue weighted by molar-refractivity contribution is 0.259. The maximum Gasteiger partial charge on any atom is 0.316 e. The molecule has 0 bridgehead atoms. The summed E-state index contributed by atoms with van der Waals surface area (Å²) < 4.78 is 0. The van der Waals surface area contributed by atoms with E-state index in [9.17, 15) is 4.79 Å². The molecule has 0 saturated heterocycles. The van der Waals surface area contributed by atoms with Crippen LogP contribution in [0.25, 0.3) is 11.3 Å². The van der Waals surface area contributed by atoms with Gasteiger partial charge in [0.25, 0.3) is 0 Å². The molecule has 2 aromatic heterocycles. The van der Waals surface area contributed by atoms with Crippen LogP contribution in [0, 0.1) is 0 Å². The monoisotopic (exact) mass is 214 g/mol. The van der Waals surface area contributed by atoms with Crippen LogP contribution in [0.2, 0.25) is 0 Å². The summed E-state index contributed by atoms with van der Waals surface area (Å²) in [5.74, 6) is 0. The molecule has 0 fully saturated rings. The number of carbonyl (C=O) groups excluding carboxylic acids is 1. The second kappa shape index (κ2) is 4.39. The first-order chi connectivity index (χ1) is 7.75. The standard InChI is InChI=1S/C11H10N4O/c12-11(16)15-9-1-2-10(14-7-9)8-3-5-13-6-4-8/h1-7H,(H3,12,15,16). The first kappa shape index (κ1) is 10.1. The van der Waals surface area contributed by atoms with Gasteiger partial charge in [0.05, 0.1) is 17.6 Å². The van der Waals surface area contributed by atoms with E-state index in [1.807, 2.05) is 12.1 Å². The van der Waals surface area contributed by atoms with Crippen LogP contribution < -0.4 is 11.1 Å². The Labute approximate surface area is 92.3 Å². The average molecular weight is 214 g/mol. The summed E-state index contributed by atoms with van der Waals surface area (Å²) in [5.41, 5.74) is 7.35. The van der Waals surface area contributed by atoms with Crippen LogP contribution in [-0.2, 0) is 0 Å². The number of nitrogens with zero attached hydrogens (tertiary/aromatic N) is 2. The Morgan fingerprint density at radius 1 is 1.19 bits per heavy atom. The van der Waals surface area contributed by atoms with Crippen LogP contribution in [0.4, 0.5) is 10.5 Å². The van der Waals surface area contributed by atoms with E-state index in [0.29, 0.717) is 5.69 Å². The average Bonchev–Trinajstić information content (AvgIpc) is 2.30. The number of rotatable bonds is 2. The van der Waals surface area contributed by atoms with Crippen molar-refractivity contribution in [1.29, 1.82) is 0 Å². The van der Waals surface area contributed by atoms with Crippen molar-refractivity contribution in [2.45, 2.75) is 0 Å². The number of hydrogen-bond donors (Lipinski definition) is 2. The number of urea groups is 1. The van der Waals surface area contributed by atoms with E-state index in [4.69, 9.17) is 5.73 Å². The van der Waals surface area contributed by atoms with Crippen molar-refractivity contribution in [3.05, 3.63) is 42.9 Å². The van der Waals surface area contributed by atoms with Gasteiger partial charge in [-0.1, -0.05) is 0 Å². The molecule has 2 aromatic rings. The Bertz CT molecular complexity index is 481. The summed E-state index contributed by atoms with van der Waals surface area (Å²) >= 11 is 0. The molecule has 0 aromatic carbocycles. The topological polar surface area (TPSA) is 80.9 Å². The van der Waals surface area contributed by atoms with Gasteiger partial charge in [-0.15, -0.1) is 0 Å². The van der Waals surface area contributed by atoms with Crippen molar-refractivity contribution in [2.24, 2.45) is 5.73 Å². The number of aromatic nitrogens is 2. The SMILES string of the molecule is NC(=O)Nc1ccc(-c2ccncc2)nc1. The second-order valence-corrected chi connectivity index (χ2v) is 3.16. The molecule has 0 aliphatic rings. The van der Waals surface area contributed by atoms with Crippen molar-refractivity contribution in [3.8, 4) is 11.3 Å². The highest BCUT2D eigenvalue weighted by atomic mass is 16.2. The number of primary amides is 1. The molecule has 0 aliphatic carbocycles. The zero-order chi connectivity index (χ0) is 11.4. The maximum atomic E-state index is 10.6. The molecule has 0 aliphatic heterocycles.